The SMILES string of the molecule is NC(=O)Nc1ccc(C(=O)C=Cc2cccc(N3CCOCC3)n2)cc1. The zero-order valence-electron chi connectivity index (χ0n) is 14.2. The molecule has 2 amide bonds. The molecule has 1 aromatic carbocycles. The van der Waals surface area contributed by atoms with Gasteiger partial charge in [-0.2, -0.15) is 0 Å². The normalized spacial score (nSPS) is 14.4. The van der Waals surface area contributed by atoms with Crippen LogP contribution < -0.4 is 16.0 Å². The molecule has 0 unspecified atom stereocenters. The second kappa shape index (κ2) is 8.26. The fraction of sp³-hybridized carbons (Fsp3) is 0.211. The Morgan fingerprint density at radius 2 is 1.85 bits per heavy atom. The topological polar surface area (TPSA) is 97.5 Å². The lowest BCUT2D eigenvalue weighted by atomic mass is 10.1. The number of hydrogen-bond donors (Lipinski definition) is 2. The lowest BCUT2D eigenvalue weighted by Crippen LogP contribution is -2.36. The molecule has 0 atom stereocenters. The van der Waals surface area contributed by atoms with Crippen molar-refractivity contribution in [3.8, 4) is 0 Å². The quantitative estimate of drug-likeness (QED) is 0.636. The number of ether oxygens (including phenoxy) is 1. The van der Waals surface area contributed by atoms with E-state index >= 15 is 0 Å². The number of aromatic nitrogens is 1. The summed E-state index contributed by atoms with van der Waals surface area (Å²) in [6, 6.07) is 11.6. The zero-order valence-corrected chi connectivity index (χ0v) is 14.2. The molecule has 0 aliphatic carbocycles. The second-order valence-electron chi connectivity index (χ2n) is 5.78. The van der Waals surface area contributed by atoms with Crippen molar-refractivity contribution in [2.45, 2.75) is 0 Å². The van der Waals surface area contributed by atoms with Crippen molar-refractivity contribution < 1.29 is 14.3 Å². The zero-order chi connectivity index (χ0) is 18.4. The van der Waals surface area contributed by atoms with Gasteiger partial charge in [-0.3, -0.25) is 4.79 Å². The van der Waals surface area contributed by atoms with Crippen LogP contribution in [0.3, 0.4) is 0 Å². The first-order chi connectivity index (χ1) is 12.6. The number of pyridine rings is 1. The Morgan fingerprint density at radius 1 is 1.12 bits per heavy atom. The minimum Gasteiger partial charge on any atom is -0.378 e. The van der Waals surface area contributed by atoms with Crippen LogP contribution in [0.15, 0.2) is 48.5 Å². The van der Waals surface area contributed by atoms with Gasteiger partial charge in [-0.05, 0) is 48.6 Å². The maximum absolute atomic E-state index is 12.3. The highest BCUT2D eigenvalue weighted by Gasteiger charge is 2.12. The number of primary amides is 1. The molecule has 26 heavy (non-hydrogen) atoms. The van der Waals surface area contributed by atoms with E-state index in [0.717, 1.165) is 18.9 Å². The highest BCUT2D eigenvalue weighted by Crippen LogP contribution is 2.15. The molecule has 2 aromatic rings. The van der Waals surface area contributed by atoms with Crippen LogP contribution in [0.1, 0.15) is 16.1 Å². The predicted octanol–water partition coefficient (Wildman–Crippen LogP) is 2.30. The van der Waals surface area contributed by atoms with Crippen LogP contribution in [0.25, 0.3) is 6.08 Å². The number of carbonyl (C=O) groups excluding carboxylic acids is 2. The van der Waals surface area contributed by atoms with Crippen LogP contribution in [-0.4, -0.2) is 43.1 Å². The molecular weight excluding hydrogens is 332 g/mol. The Labute approximate surface area is 151 Å². The summed E-state index contributed by atoms with van der Waals surface area (Å²) < 4.78 is 5.35. The molecule has 1 aromatic heterocycles. The van der Waals surface area contributed by atoms with E-state index in [1.807, 2.05) is 18.2 Å². The molecule has 7 nitrogen and oxygen atoms in total. The summed E-state index contributed by atoms with van der Waals surface area (Å²) in [7, 11) is 0. The van der Waals surface area contributed by atoms with Gasteiger partial charge < -0.3 is 20.7 Å². The van der Waals surface area contributed by atoms with Gasteiger partial charge >= 0.3 is 6.03 Å². The fourth-order valence-corrected chi connectivity index (χ4v) is 2.62. The third-order valence-corrected chi connectivity index (χ3v) is 3.93. The molecule has 1 saturated heterocycles. The minimum absolute atomic E-state index is 0.144. The summed E-state index contributed by atoms with van der Waals surface area (Å²) in [5.74, 6) is 0.735. The van der Waals surface area contributed by atoms with Gasteiger partial charge in [-0.1, -0.05) is 6.07 Å². The highest BCUT2D eigenvalue weighted by molar-refractivity contribution is 6.07. The van der Waals surface area contributed by atoms with Crippen molar-refractivity contribution in [1.29, 1.82) is 0 Å². The molecule has 3 rings (SSSR count). The maximum atomic E-state index is 12.3. The van der Waals surface area contributed by atoms with Crippen molar-refractivity contribution in [1.82, 2.24) is 4.98 Å². The number of nitrogens with zero attached hydrogens (tertiary/aromatic N) is 2. The number of benzene rings is 1. The molecule has 1 fully saturated rings. The van der Waals surface area contributed by atoms with E-state index in [4.69, 9.17) is 10.5 Å². The number of rotatable bonds is 5. The number of allylic oxidation sites excluding steroid dienone is 1. The number of morpholine rings is 1. The van der Waals surface area contributed by atoms with Crippen LogP contribution in [0, 0.1) is 0 Å². The van der Waals surface area contributed by atoms with E-state index < -0.39 is 6.03 Å². The standard InChI is InChI=1S/C19H20N4O3/c20-19(25)22-16-6-4-14(5-7-16)17(24)9-8-15-2-1-3-18(21-15)23-10-12-26-13-11-23/h1-9H,10-13H2,(H3,20,22,25). The fourth-order valence-electron chi connectivity index (χ4n) is 2.62. The van der Waals surface area contributed by atoms with E-state index in [0.29, 0.717) is 30.2 Å². The van der Waals surface area contributed by atoms with Crippen LogP contribution in [0.2, 0.25) is 0 Å². The van der Waals surface area contributed by atoms with E-state index in [1.54, 1.807) is 30.3 Å². The van der Waals surface area contributed by atoms with Crippen molar-refractivity contribution in [3.63, 3.8) is 0 Å². The third kappa shape index (κ3) is 4.67. The number of ketones is 1. The Bertz CT molecular complexity index is 812. The average Bonchev–Trinajstić information content (AvgIpc) is 2.67. The molecule has 1 aliphatic rings. The Morgan fingerprint density at radius 3 is 2.54 bits per heavy atom. The summed E-state index contributed by atoms with van der Waals surface area (Å²) in [4.78, 5) is 29.8. The number of nitrogens with two attached hydrogens (primary N) is 1. The molecule has 3 N–H and O–H groups in total. The highest BCUT2D eigenvalue weighted by atomic mass is 16.5. The van der Waals surface area contributed by atoms with E-state index in [-0.39, 0.29) is 5.78 Å². The van der Waals surface area contributed by atoms with Gasteiger partial charge in [0.2, 0.25) is 0 Å². The summed E-state index contributed by atoms with van der Waals surface area (Å²) in [6.45, 7) is 3.01. The molecule has 1 aliphatic heterocycles. The Balaban J connectivity index is 1.67. The van der Waals surface area contributed by atoms with Crippen molar-refractivity contribution in [2.75, 3.05) is 36.5 Å². The predicted molar refractivity (Wildman–Crippen MR) is 100 cm³/mol. The number of nitrogens with one attached hydrogen (secondary N) is 1. The average molecular weight is 352 g/mol. The smallest absolute Gasteiger partial charge is 0.316 e. The maximum Gasteiger partial charge on any atom is 0.316 e. The molecule has 0 saturated carbocycles. The first kappa shape index (κ1) is 17.6. The van der Waals surface area contributed by atoms with Crippen LogP contribution in [0.4, 0.5) is 16.3 Å². The summed E-state index contributed by atoms with van der Waals surface area (Å²) in [5, 5.41) is 2.45. The minimum atomic E-state index is -0.643. The van der Waals surface area contributed by atoms with Crippen LogP contribution in [0.5, 0.6) is 0 Å². The monoisotopic (exact) mass is 352 g/mol. The third-order valence-electron chi connectivity index (χ3n) is 3.93. The largest absolute Gasteiger partial charge is 0.378 e. The van der Waals surface area contributed by atoms with E-state index in [2.05, 4.69) is 15.2 Å². The molecule has 134 valence electrons. The number of hydrogen-bond acceptors (Lipinski definition) is 5. The van der Waals surface area contributed by atoms with Gasteiger partial charge in [0.15, 0.2) is 5.78 Å². The van der Waals surface area contributed by atoms with E-state index in [9.17, 15) is 9.59 Å². The Hall–Kier alpha value is -3.19. The molecule has 0 radical (unpaired) electrons. The van der Waals surface area contributed by atoms with Gasteiger partial charge in [0, 0.05) is 24.3 Å². The second-order valence-corrected chi connectivity index (χ2v) is 5.78. The van der Waals surface area contributed by atoms with Crippen molar-refractivity contribution in [2.24, 2.45) is 5.73 Å². The molecule has 0 bridgehead atoms. The Kier molecular flexibility index (Phi) is 5.60. The van der Waals surface area contributed by atoms with E-state index in [1.165, 1.54) is 6.08 Å². The molecule has 7 heteroatoms. The first-order valence-electron chi connectivity index (χ1n) is 8.30. The first-order valence-corrected chi connectivity index (χ1v) is 8.30. The number of urea groups is 1. The summed E-state index contributed by atoms with van der Waals surface area (Å²) in [6.07, 6.45) is 3.18. The van der Waals surface area contributed by atoms with Gasteiger partial charge in [0.1, 0.15) is 5.82 Å². The number of anilines is 2. The summed E-state index contributed by atoms with van der Waals surface area (Å²) in [5.41, 5.74) is 6.83. The number of carbonyl (C=O) groups is 2. The molecule has 2 heterocycles. The van der Waals surface area contributed by atoms with Gasteiger partial charge in [0.05, 0.1) is 18.9 Å². The molecular formula is C19H20N4O3. The van der Waals surface area contributed by atoms with Gasteiger partial charge in [0.25, 0.3) is 0 Å². The van der Waals surface area contributed by atoms with Crippen molar-refractivity contribution >= 4 is 29.4 Å². The van der Waals surface area contributed by atoms with Crippen LogP contribution >= 0.6 is 0 Å². The lowest BCUT2D eigenvalue weighted by Gasteiger charge is -2.27. The van der Waals surface area contributed by atoms with Crippen molar-refractivity contribution in [3.05, 3.63) is 59.8 Å². The molecule has 0 spiro atoms. The van der Waals surface area contributed by atoms with Gasteiger partial charge in [-0.25, -0.2) is 9.78 Å². The van der Waals surface area contributed by atoms with Crippen LogP contribution in [-0.2, 0) is 4.74 Å². The lowest BCUT2D eigenvalue weighted by molar-refractivity contribution is 0.104. The number of amides is 2. The summed E-state index contributed by atoms with van der Waals surface area (Å²) >= 11 is 0. The van der Waals surface area contributed by atoms with Gasteiger partial charge in [-0.15, -0.1) is 0 Å².